The first kappa shape index (κ1) is 14.4. The van der Waals surface area contributed by atoms with Crippen molar-refractivity contribution >= 4 is 0 Å². The summed E-state index contributed by atoms with van der Waals surface area (Å²) in [7, 11) is 0. The van der Waals surface area contributed by atoms with Crippen LogP contribution in [0.5, 0.6) is 0 Å². The molecule has 0 amide bonds. The highest BCUT2D eigenvalue weighted by molar-refractivity contribution is 4.86. The summed E-state index contributed by atoms with van der Waals surface area (Å²) in [6.07, 6.45) is 1.47. The number of hydrogen-bond acceptors (Lipinski definition) is 3. The van der Waals surface area contributed by atoms with Gasteiger partial charge in [-0.25, -0.2) is 0 Å². The number of nitriles is 1. The lowest BCUT2D eigenvalue weighted by Crippen LogP contribution is -2.23. The van der Waals surface area contributed by atoms with E-state index in [2.05, 4.69) is 19.9 Å². The van der Waals surface area contributed by atoms with E-state index in [-0.39, 0.29) is 12.2 Å². The lowest BCUT2D eigenvalue weighted by atomic mass is 9.90. The third-order valence-electron chi connectivity index (χ3n) is 2.65. The van der Waals surface area contributed by atoms with Gasteiger partial charge in [0.1, 0.15) is 0 Å². The maximum absolute atomic E-state index is 9.05. The molecule has 0 aromatic heterocycles. The molecule has 3 heteroatoms. The first-order valence-electron chi connectivity index (χ1n) is 5.82. The molecule has 88 valence electrons. The Labute approximate surface area is 93.4 Å². The standard InChI is InChI=1S/C12H23NO2/c1-5-10(4)11(9-13)8-12(14-6-2)15-7-3/h10-12H,5-8H2,1-4H3. The smallest absolute Gasteiger partial charge is 0.158 e. The van der Waals surface area contributed by atoms with Crippen LogP contribution >= 0.6 is 0 Å². The van der Waals surface area contributed by atoms with Gasteiger partial charge in [-0.1, -0.05) is 20.3 Å². The number of hydrogen-bond donors (Lipinski definition) is 0. The van der Waals surface area contributed by atoms with Crippen LogP contribution in [-0.4, -0.2) is 19.5 Å². The van der Waals surface area contributed by atoms with E-state index in [0.29, 0.717) is 25.6 Å². The first-order chi connectivity index (χ1) is 7.19. The van der Waals surface area contributed by atoms with Crippen LogP contribution in [0, 0.1) is 23.2 Å². The Morgan fingerprint density at radius 1 is 1.13 bits per heavy atom. The summed E-state index contributed by atoms with van der Waals surface area (Å²) in [5, 5.41) is 9.05. The van der Waals surface area contributed by atoms with E-state index in [9.17, 15) is 0 Å². The summed E-state index contributed by atoms with van der Waals surface area (Å²) in [6, 6.07) is 2.34. The Morgan fingerprint density at radius 3 is 2.00 bits per heavy atom. The van der Waals surface area contributed by atoms with Gasteiger partial charge in [-0.3, -0.25) is 0 Å². The third kappa shape index (κ3) is 5.76. The second-order valence-corrected chi connectivity index (χ2v) is 3.70. The molecule has 0 radical (unpaired) electrons. The Hall–Kier alpha value is -0.590. The van der Waals surface area contributed by atoms with Gasteiger partial charge in [-0.2, -0.15) is 5.26 Å². The third-order valence-corrected chi connectivity index (χ3v) is 2.65. The fourth-order valence-electron chi connectivity index (χ4n) is 1.46. The minimum absolute atomic E-state index is 0.0260. The summed E-state index contributed by atoms with van der Waals surface area (Å²) >= 11 is 0. The molecule has 0 aliphatic heterocycles. The van der Waals surface area contributed by atoms with Gasteiger partial charge in [0.25, 0.3) is 0 Å². The van der Waals surface area contributed by atoms with E-state index in [1.54, 1.807) is 0 Å². The van der Waals surface area contributed by atoms with Gasteiger partial charge in [0.05, 0.1) is 12.0 Å². The van der Waals surface area contributed by atoms with Crippen LogP contribution in [0.4, 0.5) is 0 Å². The van der Waals surface area contributed by atoms with Gasteiger partial charge in [0, 0.05) is 19.6 Å². The molecule has 0 aliphatic rings. The van der Waals surface area contributed by atoms with Crippen LogP contribution in [0.25, 0.3) is 0 Å². The Morgan fingerprint density at radius 2 is 1.67 bits per heavy atom. The number of ether oxygens (including phenoxy) is 2. The topological polar surface area (TPSA) is 42.2 Å². The van der Waals surface area contributed by atoms with Gasteiger partial charge in [-0.05, 0) is 19.8 Å². The van der Waals surface area contributed by atoms with Gasteiger partial charge in [-0.15, -0.1) is 0 Å². The Balaban J connectivity index is 4.16. The molecule has 0 aromatic rings. The summed E-state index contributed by atoms with van der Waals surface area (Å²) in [5.41, 5.74) is 0. The van der Waals surface area contributed by atoms with Crippen LogP contribution in [0.3, 0.4) is 0 Å². The molecular formula is C12H23NO2. The van der Waals surface area contributed by atoms with Crippen molar-refractivity contribution < 1.29 is 9.47 Å². The van der Waals surface area contributed by atoms with Crippen molar-refractivity contribution in [3.05, 3.63) is 0 Å². The zero-order chi connectivity index (χ0) is 11.7. The highest BCUT2D eigenvalue weighted by Crippen LogP contribution is 2.21. The van der Waals surface area contributed by atoms with Crippen molar-refractivity contribution in [1.29, 1.82) is 5.26 Å². The molecule has 3 nitrogen and oxygen atoms in total. The minimum atomic E-state index is -0.223. The SMILES string of the molecule is CCOC(CC(C#N)C(C)CC)OCC. The average Bonchev–Trinajstić information content (AvgIpc) is 2.25. The number of nitrogens with zero attached hydrogens (tertiary/aromatic N) is 1. The normalized spacial score (nSPS) is 14.9. The van der Waals surface area contributed by atoms with E-state index in [4.69, 9.17) is 14.7 Å². The second kappa shape index (κ2) is 8.70. The van der Waals surface area contributed by atoms with Gasteiger partial charge >= 0.3 is 0 Å². The zero-order valence-electron chi connectivity index (χ0n) is 10.3. The second-order valence-electron chi connectivity index (χ2n) is 3.70. The van der Waals surface area contributed by atoms with Crippen LogP contribution in [0.1, 0.15) is 40.5 Å². The fourth-order valence-corrected chi connectivity index (χ4v) is 1.46. The molecular weight excluding hydrogens is 190 g/mol. The summed E-state index contributed by atoms with van der Waals surface area (Å²) in [6.45, 7) is 9.34. The average molecular weight is 213 g/mol. The molecule has 0 heterocycles. The van der Waals surface area contributed by atoms with Crippen molar-refractivity contribution in [2.24, 2.45) is 11.8 Å². The lowest BCUT2D eigenvalue weighted by molar-refractivity contribution is -0.145. The molecule has 0 rings (SSSR count). The summed E-state index contributed by atoms with van der Waals surface area (Å²) in [5.74, 6) is 0.427. The Bertz CT molecular complexity index is 183. The van der Waals surface area contributed by atoms with Crippen LogP contribution in [0.2, 0.25) is 0 Å². The monoisotopic (exact) mass is 213 g/mol. The van der Waals surface area contributed by atoms with Crippen LogP contribution < -0.4 is 0 Å². The van der Waals surface area contributed by atoms with E-state index < -0.39 is 0 Å². The predicted octanol–water partition coefficient (Wildman–Crippen LogP) is 2.96. The number of rotatable bonds is 8. The fraction of sp³-hybridized carbons (Fsp3) is 0.917. The molecule has 0 saturated heterocycles. The maximum atomic E-state index is 9.05. The molecule has 2 atom stereocenters. The summed E-state index contributed by atoms with van der Waals surface area (Å²) in [4.78, 5) is 0. The molecule has 15 heavy (non-hydrogen) atoms. The van der Waals surface area contributed by atoms with Gasteiger partial charge in [0.15, 0.2) is 6.29 Å². The summed E-state index contributed by atoms with van der Waals surface area (Å²) < 4.78 is 10.9. The van der Waals surface area contributed by atoms with E-state index >= 15 is 0 Å². The van der Waals surface area contributed by atoms with Crippen molar-refractivity contribution in [3.63, 3.8) is 0 Å². The van der Waals surface area contributed by atoms with Crippen LogP contribution in [-0.2, 0) is 9.47 Å². The molecule has 2 unspecified atom stereocenters. The van der Waals surface area contributed by atoms with Crippen LogP contribution in [0.15, 0.2) is 0 Å². The van der Waals surface area contributed by atoms with Crippen molar-refractivity contribution in [2.75, 3.05) is 13.2 Å². The first-order valence-corrected chi connectivity index (χ1v) is 5.82. The molecule has 0 saturated carbocycles. The molecule has 0 spiro atoms. The van der Waals surface area contributed by atoms with E-state index in [1.165, 1.54) is 0 Å². The maximum Gasteiger partial charge on any atom is 0.158 e. The largest absolute Gasteiger partial charge is 0.353 e. The van der Waals surface area contributed by atoms with Crippen molar-refractivity contribution in [2.45, 2.75) is 46.8 Å². The molecule has 0 N–H and O–H groups in total. The minimum Gasteiger partial charge on any atom is -0.353 e. The van der Waals surface area contributed by atoms with Crippen molar-refractivity contribution in [3.8, 4) is 6.07 Å². The van der Waals surface area contributed by atoms with Gasteiger partial charge < -0.3 is 9.47 Å². The van der Waals surface area contributed by atoms with E-state index in [1.807, 2.05) is 13.8 Å². The van der Waals surface area contributed by atoms with Gasteiger partial charge in [0.2, 0.25) is 0 Å². The molecule has 0 aliphatic carbocycles. The molecule has 0 fully saturated rings. The Kier molecular flexibility index (Phi) is 8.35. The van der Waals surface area contributed by atoms with E-state index in [0.717, 1.165) is 6.42 Å². The molecule has 0 aromatic carbocycles. The predicted molar refractivity (Wildman–Crippen MR) is 60.2 cm³/mol. The van der Waals surface area contributed by atoms with Crippen molar-refractivity contribution in [1.82, 2.24) is 0 Å². The zero-order valence-corrected chi connectivity index (χ0v) is 10.3. The molecule has 0 bridgehead atoms. The quantitative estimate of drug-likeness (QED) is 0.582. The highest BCUT2D eigenvalue weighted by atomic mass is 16.7. The lowest BCUT2D eigenvalue weighted by Gasteiger charge is -2.22. The highest BCUT2D eigenvalue weighted by Gasteiger charge is 2.21.